The van der Waals surface area contributed by atoms with Crippen molar-refractivity contribution < 1.29 is 12.6 Å². The van der Waals surface area contributed by atoms with Crippen LogP contribution in [0.25, 0.3) is 88.0 Å². The van der Waals surface area contributed by atoms with Crippen LogP contribution in [0.3, 0.4) is 0 Å². The summed E-state index contributed by atoms with van der Waals surface area (Å²) in [4.78, 5) is 0. The molecule has 1 nitrogen and oxygen atoms in total. The second-order valence-corrected chi connectivity index (χ2v) is 11.2. The van der Waals surface area contributed by atoms with Crippen LogP contribution >= 0.6 is 0 Å². The molecule has 9 aromatic rings. The molecule has 9 rings (SSSR count). The van der Waals surface area contributed by atoms with Crippen LogP contribution < -0.4 is 0 Å². The molecule has 0 saturated heterocycles. The minimum absolute atomic E-state index is 0.0207. The van der Waals surface area contributed by atoms with Gasteiger partial charge in [0.2, 0.25) is 0 Å². The van der Waals surface area contributed by atoms with Gasteiger partial charge in [-0.2, -0.15) is 0 Å². The number of fused-ring (bicyclic) bond motifs is 5. The molecule has 0 amide bonds. The summed E-state index contributed by atoms with van der Waals surface area (Å²) in [6.45, 7) is 0. The van der Waals surface area contributed by atoms with E-state index in [4.69, 9.17) is 9.90 Å². The molecule has 0 aliphatic carbocycles. The molecule has 45 heavy (non-hydrogen) atoms. The van der Waals surface area contributed by atoms with E-state index in [0.29, 0.717) is 22.3 Å². The molecule has 0 saturated carbocycles. The van der Waals surface area contributed by atoms with Gasteiger partial charge in [0.15, 0.2) is 0 Å². The van der Waals surface area contributed by atoms with E-state index in [2.05, 4.69) is 48.5 Å². The molecule has 1 aromatic heterocycles. The Bertz CT molecular complexity index is 2800. The highest BCUT2D eigenvalue weighted by atomic mass is 16.3. The lowest BCUT2D eigenvalue weighted by molar-refractivity contribution is 0.670. The molecule has 1 heteroatoms. The van der Waals surface area contributed by atoms with Gasteiger partial charge in [-0.25, -0.2) is 0 Å². The smallest absolute Gasteiger partial charge is 0.143 e. The molecular weight excluding hydrogens is 544 g/mol. The van der Waals surface area contributed by atoms with Crippen molar-refractivity contribution in [1.82, 2.24) is 0 Å². The lowest BCUT2D eigenvalue weighted by Crippen LogP contribution is -1.92. The Labute approximate surface area is 270 Å². The van der Waals surface area contributed by atoms with E-state index in [1.54, 1.807) is 0 Å². The summed E-state index contributed by atoms with van der Waals surface area (Å²) in [5.74, 6) is 0. The molecule has 0 atom stereocenters. The molecule has 8 aromatic carbocycles. The van der Waals surface area contributed by atoms with Gasteiger partial charge in [-0.1, -0.05) is 146 Å². The summed E-state index contributed by atoms with van der Waals surface area (Å²) in [6, 6.07) is 43.1. The molecule has 0 spiro atoms. The van der Waals surface area contributed by atoms with E-state index in [-0.39, 0.29) is 46.1 Å². The lowest BCUT2D eigenvalue weighted by atomic mass is 9.84. The molecule has 0 N–H and O–H groups in total. The van der Waals surface area contributed by atoms with Crippen LogP contribution in [0.1, 0.15) is 8.22 Å². The van der Waals surface area contributed by atoms with E-state index in [0.717, 1.165) is 43.8 Å². The number of benzene rings is 8. The second-order valence-electron chi connectivity index (χ2n) is 11.2. The maximum Gasteiger partial charge on any atom is 0.143 e. The largest absolute Gasteiger partial charge is 0.455 e. The standard InChI is InChI=1S/C44H28O/c1-3-14-29(15-4-1)31-18-13-19-32(26-31)42-35-21-7-9-23-37(35)43(38-24-10-8-22-36(38)42)33-27-39(30-16-5-2-6-17-30)44-40(28-33)34-20-11-12-25-41(34)45-44/h1-28H/i11D,12D,20D,25D,27D,28D. The average Bonchev–Trinajstić information content (AvgIpc) is 3.57. The molecule has 0 aliphatic rings. The molecular formula is C44H28O. The van der Waals surface area contributed by atoms with Crippen molar-refractivity contribution in [2.75, 3.05) is 0 Å². The van der Waals surface area contributed by atoms with Gasteiger partial charge in [0, 0.05) is 16.3 Å². The van der Waals surface area contributed by atoms with Crippen LogP contribution in [-0.4, -0.2) is 0 Å². The Balaban J connectivity index is 1.45. The normalized spacial score (nSPS) is 13.4. The minimum atomic E-state index is -0.408. The third kappa shape index (κ3) is 4.17. The van der Waals surface area contributed by atoms with E-state index in [1.165, 1.54) is 0 Å². The second kappa shape index (κ2) is 10.4. The van der Waals surface area contributed by atoms with Crippen molar-refractivity contribution in [2.24, 2.45) is 0 Å². The summed E-state index contributed by atoms with van der Waals surface area (Å²) in [7, 11) is 0. The Morgan fingerprint density at radius 3 is 1.60 bits per heavy atom. The van der Waals surface area contributed by atoms with E-state index in [9.17, 15) is 2.74 Å². The number of rotatable bonds is 4. The first-order valence-corrected chi connectivity index (χ1v) is 15.0. The lowest BCUT2D eigenvalue weighted by Gasteiger charge is -2.19. The quantitative estimate of drug-likeness (QED) is 0.189. The van der Waals surface area contributed by atoms with Gasteiger partial charge < -0.3 is 4.42 Å². The third-order valence-electron chi connectivity index (χ3n) is 8.56. The minimum Gasteiger partial charge on any atom is -0.455 e. The number of hydrogen-bond acceptors (Lipinski definition) is 1. The van der Waals surface area contributed by atoms with Gasteiger partial charge in [0.05, 0.1) is 8.22 Å². The molecule has 0 aliphatic heterocycles. The topological polar surface area (TPSA) is 13.1 Å². The van der Waals surface area contributed by atoms with Gasteiger partial charge in [-0.15, -0.1) is 0 Å². The predicted octanol–water partition coefficient (Wildman–Crippen LogP) is 12.6. The van der Waals surface area contributed by atoms with Crippen molar-refractivity contribution in [2.45, 2.75) is 0 Å². The zero-order valence-corrected chi connectivity index (χ0v) is 24.1. The van der Waals surface area contributed by atoms with E-state index >= 15 is 0 Å². The fourth-order valence-corrected chi connectivity index (χ4v) is 6.58. The summed E-state index contributed by atoms with van der Waals surface area (Å²) < 4.78 is 60.4. The highest BCUT2D eigenvalue weighted by Crippen LogP contribution is 2.47. The Hall–Kier alpha value is -5.92. The maximum atomic E-state index is 9.85. The predicted molar refractivity (Wildman–Crippen MR) is 190 cm³/mol. The molecule has 0 fully saturated rings. The zero-order chi connectivity index (χ0) is 35.0. The average molecular weight is 579 g/mol. The van der Waals surface area contributed by atoms with Crippen molar-refractivity contribution in [3.05, 3.63) is 170 Å². The first-order valence-electron chi connectivity index (χ1n) is 18.0. The summed E-state index contributed by atoms with van der Waals surface area (Å²) in [5.41, 5.74) is 6.69. The van der Waals surface area contributed by atoms with Crippen molar-refractivity contribution >= 4 is 43.5 Å². The van der Waals surface area contributed by atoms with Gasteiger partial charge in [0.25, 0.3) is 0 Å². The van der Waals surface area contributed by atoms with Crippen LogP contribution in [0.2, 0.25) is 0 Å². The first kappa shape index (κ1) is 20.1. The van der Waals surface area contributed by atoms with Crippen LogP contribution in [-0.2, 0) is 0 Å². The fourth-order valence-electron chi connectivity index (χ4n) is 6.58. The zero-order valence-electron chi connectivity index (χ0n) is 30.1. The third-order valence-corrected chi connectivity index (χ3v) is 8.56. The van der Waals surface area contributed by atoms with Crippen molar-refractivity contribution in [3.8, 4) is 44.5 Å². The van der Waals surface area contributed by atoms with Gasteiger partial charge >= 0.3 is 0 Å². The van der Waals surface area contributed by atoms with Crippen LogP contribution in [0.5, 0.6) is 0 Å². The van der Waals surface area contributed by atoms with Crippen LogP contribution in [0, 0.1) is 0 Å². The van der Waals surface area contributed by atoms with E-state index < -0.39 is 12.1 Å². The Morgan fingerprint density at radius 2 is 0.933 bits per heavy atom. The molecule has 210 valence electrons. The summed E-state index contributed by atoms with van der Waals surface area (Å²) in [5, 5.41) is 4.07. The van der Waals surface area contributed by atoms with Gasteiger partial charge in [-0.05, 0) is 84.7 Å². The van der Waals surface area contributed by atoms with E-state index in [1.807, 2.05) is 84.9 Å². The fraction of sp³-hybridized carbons (Fsp3) is 0. The summed E-state index contributed by atoms with van der Waals surface area (Å²) >= 11 is 0. The van der Waals surface area contributed by atoms with Crippen LogP contribution in [0.15, 0.2) is 174 Å². The molecule has 0 unspecified atom stereocenters. The molecule has 0 bridgehead atoms. The van der Waals surface area contributed by atoms with Crippen molar-refractivity contribution in [1.29, 1.82) is 0 Å². The molecule has 0 radical (unpaired) electrons. The van der Waals surface area contributed by atoms with Crippen LogP contribution in [0.4, 0.5) is 0 Å². The Kier molecular flexibility index (Phi) is 4.63. The highest BCUT2D eigenvalue weighted by Gasteiger charge is 2.20. The van der Waals surface area contributed by atoms with Crippen molar-refractivity contribution in [3.63, 3.8) is 0 Å². The number of para-hydroxylation sites is 1. The van der Waals surface area contributed by atoms with Gasteiger partial charge in [0.1, 0.15) is 11.2 Å². The number of furan rings is 1. The molecule has 1 heterocycles. The summed E-state index contributed by atoms with van der Waals surface area (Å²) in [6.07, 6.45) is 0. The SMILES string of the molecule is [2H]c1c([2H])c([2H])c2c(oc3c(-c4ccccc4)c([2H])c(-c4c5ccccc5c(-c5cccc(-c6ccccc6)c5)c5ccccc45)c([2H])c32)c1[2H]. The Morgan fingerprint density at radius 1 is 0.400 bits per heavy atom. The maximum absolute atomic E-state index is 9.85. The first-order chi connectivity index (χ1) is 24.8. The highest BCUT2D eigenvalue weighted by molar-refractivity contribution is 6.23. The monoisotopic (exact) mass is 578 g/mol. The van der Waals surface area contributed by atoms with Gasteiger partial charge in [-0.3, -0.25) is 0 Å². The number of hydrogen-bond donors (Lipinski definition) is 0.